The quantitative estimate of drug-likeness (QED) is 0.868. The van der Waals surface area contributed by atoms with Crippen LogP contribution in [0.25, 0.3) is 0 Å². The Kier molecular flexibility index (Phi) is 3.64. The van der Waals surface area contributed by atoms with Gasteiger partial charge in [-0.15, -0.1) is 0 Å². The molecule has 0 aliphatic rings. The largest absolute Gasteiger partial charge is 0.326 e. The van der Waals surface area contributed by atoms with E-state index in [4.69, 9.17) is 5.73 Å². The van der Waals surface area contributed by atoms with Crippen LogP contribution in [0.15, 0.2) is 42.6 Å². The molecule has 0 saturated carbocycles. The predicted molar refractivity (Wildman–Crippen MR) is 66.5 cm³/mol. The van der Waals surface area contributed by atoms with Gasteiger partial charge in [0.25, 0.3) is 5.91 Å². The van der Waals surface area contributed by atoms with Gasteiger partial charge in [-0.2, -0.15) is 0 Å². The van der Waals surface area contributed by atoms with Crippen molar-refractivity contribution in [3.63, 3.8) is 0 Å². The second-order valence-electron chi connectivity index (χ2n) is 3.68. The molecule has 0 aliphatic carbocycles. The monoisotopic (exact) mass is 245 g/mol. The Morgan fingerprint density at radius 3 is 2.67 bits per heavy atom. The molecule has 1 aromatic carbocycles. The molecule has 0 saturated heterocycles. The van der Waals surface area contributed by atoms with Crippen LogP contribution in [-0.4, -0.2) is 10.9 Å². The fraction of sp³-hybridized carbons (Fsp3) is 0.0769. The fourth-order valence-electron chi connectivity index (χ4n) is 1.50. The summed E-state index contributed by atoms with van der Waals surface area (Å²) in [5.74, 6) is -0.301. The van der Waals surface area contributed by atoms with E-state index in [1.54, 1.807) is 18.3 Å². The van der Waals surface area contributed by atoms with Gasteiger partial charge < -0.3 is 11.1 Å². The van der Waals surface area contributed by atoms with Crippen molar-refractivity contribution in [1.82, 2.24) is 4.98 Å². The van der Waals surface area contributed by atoms with Gasteiger partial charge >= 0.3 is 0 Å². The summed E-state index contributed by atoms with van der Waals surface area (Å²) >= 11 is 0. The van der Waals surface area contributed by atoms with E-state index in [9.17, 15) is 9.18 Å². The number of benzene rings is 1. The Hall–Kier alpha value is -2.27. The first-order valence-corrected chi connectivity index (χ1v) is 5.41. The van der Waals surface area contributed by atoms with Crippen LogP contribution in [0.5, 0.6) is 0 Å². The van der Waals surface area contributed by atoms with Crippen molar-refractivity contribution < 1.29 is 9.18 Å². The number of hydrogen-bond acceptors (Lipinski definition) is 3. The molecule has 0 fully saturated rings. The van der Waals surface area contributed by atoms with E-state index in [-0.39, 0.29) is 18.3 Å². The number of rotatable bonds is 3. The van der Waals surface area contributed by atoms with E-state index in [1.807, 2.05) is 0 Å². The molecule has 3 N–H and O–H groups in total. The van der Waals surface area contributed by atoms with Crippen molar-refractivity contribution in [3.8, 4) is 0 Å². The van der Waals surface area contributed by atoms with Crippen molar-refractivity contribution in [2.24, 2.45) is 5.73 Å². The van der Waals surface area contributed by atoms with Crippen LogP contribution in [0.4, 0.5) is 10.2 Å². The number of nitrogens with zero attached hydrogens (tertiary/aromatic N) is 1. The SMILES string of the molecule is NCc1cccnc1NC(=O)c1ccc(F)cc1. The van der Waals surface area contributed by atoms with Crippen LogP contribution in [0, 0.1) is 5.82 Å². The minimum absolute atomic E-state index is 0.285. The molecule has 0 unspecified atom stereocenters. The van der Waals surface area contributed by atoms with Crippen molar-refractivity contribution in [3.05, 3.63) is 59.5 Å². The summed E-state index contributed by atoms with van der Waals surface area (Å²) in [6.45, 7) is 0.285. The molecule has 0 aliphatic heterocycles. The summed E-state index contributed by atoms with van der Waals surface area (Å²) in [6, 6.07) is 8.82. The first-order valence-electron chi connectivity index (χ1n) is 5.41. The standard InChI is InChI=1S/C13H12FN3O/c14-11-5-3-9(4-6-11)13(18)17-12-10(8-15)2-1-7-16-12/h1-7H,8,15H2,(H,16,17,18). The third kappa shape index (κ3) is 2.70. The smallest absolute Gasteiger partial charge is 0.256 e. The molecule has 0 atom stereocenters. The maximum absolute atomic E-state index is 12.7. The highest BCUT2D eigenvalue weighted by Crippen LogP contribution is 2.12. The van der Waals surface area contributed by atoms with Gasteiger partial charge in [-0.1, -0.05) is 6.07 Å². The summed E-state index contributed by atoms with van der Waals surface area (Å²) in [4.78, 5) is 15.9. The molecular weight excluding hydrogens is 233 g/mol. The van der Waals surface area contributed by atoms with Gasteiger partial charge in [0.05, 0.1) is 0 Å². The number of pyridine rings is 1. The molecule has 0 bridgehead atoms. The molecule has 5 heteroatoms. The lowest BCUT2D eigenvalue weighted by atomic mass is 10.2. The zero-order valence-electron chi connectivity index (χ0n) is 9.56. The third-order valence-electron chi connectivity index (χ3n) is 2.45. The minimum atomic E-state index is -0.382. The highest BCUT2D eigenvalue weighted by atomic mass is 19.1. The van der Waals surface area contributed by atoms with Crippen LogP contribution in [0.2, 0.25) is 0 Å². The van der Waals surface area contributed by atoms with E-state index < -0.39 is 0 Å². The first kappa shape index (κ1) is 12.2. The van der Waals surface area contributed by atoms with Gasteiger partial charge in [-0.3, -0.25) is 4.79 Å². The number of carbonyl (C=O) groups excluding carboxylic acids is 1. The molecule has 1 heterocycles. The number of nitrogens with one attached hydrogen (secondary N) is 1. The van der Waals surface area contributed by atoms with Crippen molar-refractivity contribution in [1.29, 1.82) is 0 Å². The molecule has 2 rings (SSSR count). The summed E-state index contributed by atoms with van der Waals surface area (Å²) < 4.78 is 12.7. The van der Waals surface area contributed by atoms with Gasteiger partial charge in [0.15, 0.2) is 0 Å². The van der Waals surface area contributed by atoms with E-state index in [0.29, 0.717) is 11.4 Å². The molecule has 4 nitrogen and oxygen atoms in total. The Morgan fingerprint density at radius 1 is 1.28 bits per heavy atom. The Labute approximate surface area is 104 Å². The number of anilines is 1. The third-order valence-corrected chi connectivity index (χ3v) is 2.45. The van der Waals surface area contributed by atoms with Crippen LogP contribution >= 0.6 is 0 Å². The Morgan fingerprint density at radius 2 is 2.00 bits per heavy atom. The Bertz CT molecular complexity index is 554. The fourth-order valence-corrected chi connectivity index (χ4v) is 1.50. The maximum Gasteiger partial charge on any atom is 0.256 e. The molecule has 18 heavy (non-hydrogen) atoms. The zero-order chi connectivity index (χ0) is 13.0. The van der Waals surface area contributed by atoms with Crippen molar-refractivity contribution in [2.45, 2.75) is 6.54 Å². The number of aromatic nitrogens is 1. The Balaban J connectivity index is 2.18. The van der Waals surface area contributed by atoms with Crippen LogP contribution in [-0.2, 0) is 6.54 Å². The molecular formula is C13H12FN3O. The van der Waals surface area contributed by atoms with E-state index >= 15 is 0 Å². The molecule has 0 spiro atoms. The number of halogens is 1. The molecule has 1 amide bonds. The molecule has 92 valence electrons. The molecule has 2 aromatic rings. The van der Waals surface area contributed by atoms with E-state index in [0.717, 1.165) is 5.56 Å². The average molecular weight is 245 g/mol. The second kappa shape index (κ2) is 5.37. The lowest BCUT2D eigenvalue weighted by molar-refractivity contribution is 0.102. The van der Waals surface area contributed by atoms with Gasteiger partial charge in [-0.05, 0) is 30.3 Å². The van der Waals surface area contributed by atoms with E-state index in [2.05, 4.69) is 10.3 Å². The number of carbonyl (C=O) groups is 1. The topological polar surface area (TPSA) is 68.0 Å². The maximum atomic E-state index is 12.7. The lowest BCUT2D eigenvalue weighted by Gasteiger charge is -2.08. The van der Waals surface area contributed by atoms with Crippen LogP contribution in [0.1, 0.15) is 15.9 Å². The highest BCUT2D eigenvalue weighted by Gasteiger charge is 2.09. The highest BCUT2D eigenvalue weighted by molar-refractivity contribution is 6.04. The normalized spacial score (nSPS) is 10.1. The predicted octanol–water partition coefficient (Wildman–Crippen LogP) is 1.93. The van der Waals surface area contributed by atoms with Gasteiger partial charge in [-0.25, -0.2) is 9.37 Å². The average Bonchev–Trinajstić information content (AvgIpc) is 2.40. The lowest BCUT2D eigenvalue weighted by Crippen LogP contribution is -2.15. The van der Waals surface area contributed by atoms with Crippen molar-refractivity contribution >= 4 is 11.7 Å². The summed E-state index contributed by atoms with van der Waals surface area (Å²) in [5.41, 5.74) is 6.65. The number of hydrogen-bond donors (Lipinski definition) is 2. The van der Waals surface area contributed by atoms with Crippen LogP contribution < -0.4 is 11.1 Å². The van der Waals surface area contributed by atoms with E-state index in [1.165, 1.54) is 24.3 Å². The van der Waals surface area contributed by atoms with Gasteiger partial charge in [0.2, 0.25) is 0 Å². The van der Waals surface area contributed by atoms with Crippen LogP contribution in [0.3, 0.4) is 0 Å². The summed E-state index contributed by atoms with van der Waals surface area (Å²) in [7, 11) is 0. The number of nitrogens with two attached hydrogens (primary N) is 1. The number of amides is 1. The summed E-state index contributed by atoms with van der Waals surface area (Å²) in [5, 5.41) is 2.64. The zero-order valence-corrected chi connectivity index (χ0v) is 9.56. The molecule has 0 radical (unpaired) electrons. The summed E-state index contributed by atoms with van der Waals surface area (Å²) in [6.07, 6.45) is 1.57. The minimum Gasteiger partial charge on any atom is -0.326 e. The van der Waals surface area contributed by atoms with Gasteiger partial charge in [0.1, 0.15) is 11.6 Å². The molecule has 1 aromatic heterocycles. The first-order chi connectivity index (χ1) is 8.70. The van der Waals surface area contributed by atoms with Crippen molar-refractivity contribution in [2.75, 3.05) is 5.32 Å². The van der Waals surface area contributed by atoms with Gasteiger partial charge in [0, 0.05) is 23.9 Å². The second-order valence-corrected chi connectivity index (χ2v) is 3.68.